The summed E-state index contributed by atoms with van der Waals surface area (Å²) in [5, 5.41) is 4.56. The van der Waals surface area contributed by atoms with Crippen molar-refractivity contribution >= 4 is 23.4 Å². The number of carbonyl (C=O) groups is 1. The third-order valence-electron chi connectivity index (χ3n) is 2.58. The molecule has 0 spiro atoms. The van der Waals surface area contributed by atoms with E-state index in [-0.39, 0.29) is 11.4 Å². The molecule has 2 N–H and O–H groups in total. The lowest BCUT2D eigenvalue weighted by molar-refractivity contribution is 0.0602. The maximum atomic E-state index is 11.5. The van der Waals surface area contributed by atoms with Gasteiger partial charge in [-0.15, -0.1) is 0 Å². The van der Waals surface area contributed by atoms with Gasteiger partial charge in [-0.25, -0.2) is 9.48 Å². The highest BCUT2D eigenvalue weighted by Crippen LogP contribution is 2.28. The number of hydrogen-bond donors (Lipinski definition) is 1. The highest BCUT2D eigenvalue weighted by Gasteiger charge is 2.18. The van der Waals surface area contributed by atoms with Gasteiger partial charge >= 0.3 is 5.97 Å². The van der Waals surface area contributed by atoms with Crippen LogP contribution in [0.4, 0.5) is 5.82 Å². The average molecular weight is 282 g/mol. The average Bonchev–Trinajstić information content (AvgIpc) is 2.79. The van der Waals surface area contributed by atoms with Crippen LogP contribution in [0.2, 0.25) is 5.02 Å². The first-order valence-corrected chi connectivity index (χ1v) is 5.72. The Balaban J connectivity index is 2.57. The van der Waals surface area contributed by atoms with Crippen LogP contribution < -0.4 is 10.5 Å². The molecule has 19 heavy (non-hydrogen) atoms. The number of hydrogen-bond acceptors (Lipinski definition) is 5. The third kappa shape index (κ3) is 2.34. The van der Waals surface area contributed by atoms with Crippen LogP contribution in [0.1, 0.15) is 10.4 Å². The van der Waals surface area contributed by atoms with Gasteiger partial charge in [0.2, 0.25) is 0 Å². The second kappa shape index (κ2) is 5.19. The zero-order chi connectivity index (χ0) is 14.0. The smallest absolute Gasteiger partial charge is 0.343 e. The monoisotopic (exact) mass is 281 g/mol. The molecule has 0 fully saturated rings. The molecule has 1 heterocycles. The number of anilines is 1. The maximum absolute atomic E-state index is 11.5. The largest absolute Gasteiger partial charge is 0.494 e. The van der Waals surface area contributed by atoms with Crippen molar-refractivity contribution in [3.8, 4) is 11.4 Å². The van der Waals surface area contributed by atoms with E-state index in [0.29, 0.717) is 16.5 Å². The van der Waals surface area contributed by atoms with E-state index in [1.54, 1.807) is 18.2 Å². The fourth-order valence-electron chi connectivity index (χ4n) is 1.65. The van der Waals surface area contributed by atoms with Crippen molar-refractivity contribution in [3.63, 3.8) is 0 Å². The lowest BCUT2D eigenvalue weighted by Gasteiger charge is -2.10. The van der Waals surface area contributed by atoms with Gasteiger partial charge in [-0.3, -0.25) is 0 Å². The van der Waals surface area contributed by atoms with Crippen molar-refractivity contribution in [2.45, 2.75) is 0 Å². The second-order valence-corrected chi connectivity index (χ2v) is 4.10. The molecule has 1 aromatic carbocycles. The molecule has 0 atom stereocenters. The van der Waals surface area contributed by atoms with Crippen LogP contribution in [0.25, 0.3) is 5.69 Å². The Labute approximate surface area is 114 Å². The van der Waals surface area contributed by atoms with Gasteiger partial charge in [0.15, 0.2) is 0 Å². The summed E-state index contributed by atoms with van der Waals surface area (Å²) in [6.07, 6.45) is 1.33. The van der Waals surface area contributed by atoms with Crippen molar-refractivity contribution < 1.29 is 14.3 Å². The number of carbonyl (C=O) groups excluding carboxylic acids is 1. The molecule has 0 aliphatic heterocycles. The zero-order valence-corrected chi connectivity index (χ0v) is 11.1. The SMILES string of the molecule is COC(=O)c1cnn(-c2cc(Cl)ccc2OC)c1N. The topological polar surface area (TPSA) is 79.4 Å². The van der Waals surface area contributed by atoms with Gasteiger partial charge in [0.25, 0.3) is 0 Å². The molecule has 2 rings (SSSR count). The van der Waals surface area contributed by atoms with Crippen molar-refractivity contribution in [3.05, 3.63) is 35.0 Å². The summed E-state index contributed by atoms with van der Waals surface area (Å²) in [4.78, 5) is 11.5. The van der Waals surface area contributed by atoms with Gasteiger partial charge in [-0.05, 0) is 18.2 Å². The molecule has 100 valence electrons. The number of halogens is 1. The summed E-state index contributed by atoms with van der Waals surface area (Å²) in [7, 11) is 2.80. The van der Waals surface area contributed by atoms with E-state index in [1.807, 2.05) is 0 Å². The Morgan fingerprint density at radius 1 is 1.42 bits per heavy atom. The summed E-state index contributed by atoms with van der Waals surface area (Å²) >= 11 is 5.94. The first-order valence-electron chi connectivity index (χ1n) is 5.34. The Morgan fingerprint density at radius 3 is 2.79 bits per heavy atom. The van der Waals surface area contributed by atoms with Gasteiger partial charge in [0, 0.05) is 5.02 Å². The third-order valence-corrected chi connectivity index (χ3v) is 2.82. The van der Waals surface area contributed by atoms with Gasteiger partial charge in [-0.1, -0.05) is 11.6 Å². The van der Waals surface area contributed by atoms with Gasteiger partial charge in [-0.2, -0.15) is 5.10 Å². The summed E-state index contributed by atoms with van der Waals surface area (Å²) in [5.41, 5.74) is 6.62. The molecule has 0 aliphatic rings. The van der Waals surface area contributed by atoms with Crippen molar-refractivity contribution in [1.82, 2.24) is 9.78 Å². The number of ether oxygens (including phenoxy) is 2. The molecule has 0 bridgehead atoms. The Hall–Kier alpha value is -2.21. The van der Waals surface area contributed by atoms with E-state index in [1.165, 1.54) is 25.1 Å². The summed E-state index contributed by atoms with van der Waals surface area (Å²) < 4.78 is 11.2. The molecular formula is C12H12ClN3O3. The van der Waals surface area contributed by atoms with Crippen LogP contribution in [-0.4, -0.2) is 30.0 Å². The predicted molar refractivity (Wildman–Crippen MR) is 70.9 cm³/mol. The molecule has 0 unspecified atom stereocenters. The van der Waals surface area contributed by atoms with Gasteiger partial charge in [0.05, 0.1) is 20.4 Å². The Kier molecular flexibility index (Phi) is 3.62. The van der Waals surface area contributed by atoms with Crippen LogP contribution in [0.5, 0.6) is 5.75 Å². The first-order chi connectivity index (χ1) is 9.08. The number of nitrogen functional groups attached to an aromatic ring is 1. The fraction of sp³-hybridized carbons (Fsp3) is 0.167. The molecule has 1 aromatic heterocycles. The highest BCUT2D eigenvalue weighted by atomic mass is 35.5. The van der Waals surface area contributed by atoms with E-state index >= 15 is 0 Å². The molecule has 7 heteroatoms. The quantitative estimate of drug-likeness (QED) is 0.869. The minimum Gasteiger partial charge on any atom is -0.494 e. The maximum Gasteiger partial charge on any atom is 0.343 e. The number of methoxy groups -OCH3 is 2. The number of nitrogens with zero attached hydrogens (tertiary/aromatic N) is 2. The fourth-order valence-corrected chi connectivity index (χ4v) is 1.81. The van der Waals surface area contributed by atoms with Gasteiger partial charge in [0.1, 0.15) is 22.8 Å². The Morgan fingerprint density at radius 2 is 2.16 bits per heavy atom. The van der Waals surface area contributed by atoms with Crippen LogP contribution >= 0.6 is 11.6 Å². The molecule has 0 aliphatic carbocycles. The summed E-state index contributed by atoms with van der Waals surface area (Å²) in [6.45, 7) is 0. The number of nitrogens with two attached hydrogens (primary N) is 1. The molecule has 0 amide bonds. The molecule has 0 saturated heterocycles. The summed E-state index contributed by atoms with van der Waals surface area (Å²) in [5.74, 6) is 0.146. The predicted octanol–water partition coefficient (Wildman–Crippen LogP) is 1.90. The highest BCUT2D eigenvalue weighted by molar-refractivity contribution is 6.30. The van der Waals surface area contributed by atoms with Crippen molar-refractivity contribution in [2.75, 3.05) is 20.0 Å². The van der Waals surface area contributed by atoms with Crippen LogP contribution in [0, 0.1) is 0 Å². The minimum atomic E-state index is -0.551. The van der Waals surface area contributed by atoms with Crippen LogP contribution in [0.15, 0.2) is 24.4 Å². The van der Waals surface area contributed by atoms with E-state index < -0.39 is 5.97 Å². The lowest BCUT2D eigenvalue weighted by Crippen LogP contribution is -2.08. The van der Waals surface area contributed by atoms with Crippen LogP contribution in [-0.2, 0) is 4.74 Å². The Bertz CT molecular complexity index is 625. The van der Waals surface area contributed by atoms with E-state index in [4.69, 9.17) is 22.1 Å². The van der Waals surface area contributed by atoms with E-state index in [9.17, 15) is 4.79 Å². The first kappa shape index (κ1) is 13.2. The van der Waals surface area contributed by atoms with E-state index in [2.05, 4.69) is 9.84 Å². The number of rotatable bonds is 3. The second-order valence-electron chi connectivity index (χ2n) is 3.66. The number of esters is 1. The molecule has 2 aromatic rings. The standard InChI is InChI=1S/C12H12ClN3O3/c1-18-10-4-3-7(13)5-9(10)16-11(14)8(6-15-16)12(17)19-2/h3-6H,14H2,1-2H3. The van der Waals surface area contributed by atoms with Gasteiger partial charge < -0.3 is 15.2 Å². The van der Waals surface area contributed by atoms with E-state index in [0.717, 1.165) is 0 Å². The molecule has 6 nitrogen and oxygen atoms in total. The molecular weight excluding hydrogens is 270 g/mol. The molecule has 0 radical (unpaired) electrons. The number of aromatic nitrogens is 2. The van der Waals surface area contributed by atoms with Crippen LogP contribution in [0.3, 0.4) is 0 Å². The van der Waals surface area contributed by atoms with Crippen molar-refractivity contribution in [1.29, 1.82) is 0 Å². The minimum absolute atomic E-state index is 0.160. The molecule has 0 saturated carbocycles. The zero-order valence-electron chi connectivity index (χ0n) is 10.4. The summed E-state index contributed by atoms with van der Waals surface area (Å²) in [6, 6.07) is 5.02. The number of benzene rings is 1. The van der Waals surface area contributed by atoms with Crippen molar-refractivity contribution in [2.24, 2.45) is 0 Å². The normalized spacial score (nSPS) is 10.3. The lowest BCUT2D eigenvalue weighted by atomic mass is 10.3.